The normalized spacial score (nSPS) is 11.5. The lowest BCUT2D eigenvalue weighted by Crippen LogP contribution is -2.07. The van der Waals surface area contributed by atoms with E-state index in [9.17, 15) is 4.79 Å². The maximum atomic E-state index is 12.3. The zero-order chi connectivity index (χ0) is 21.1. The average Bonchev–Trinajstić information content (AvgIpc) is 3.16. The van der Waals surface area contributed by atoms with Crippen molar-refractivity contribution in [1.29, 1.82) is 0 Å². The smallest absolute Gasteiger partial charge is 0.248 e. The van der Waals surface area contributed by atoms with Gasteiger partial charge in [-0.15, -0.1) is 0 Å². The Morgan fingerprint density at radius 2 is 1.87 bits per heavy atom. The maximum Gasteiger partial charge on any atom is 0.248 e. The number of amides is 1. The first kappa shape index (κ1) is 19.9. The molecule has 1 heterocycles. The summed E-state index contributed by atoms with van der Waals surface area (Å²) in [7, 11) is 0. The molecule has 4 rings (SSSR count). The maximum absolute atomic E-state index is 12.3. The number of anilines is 1. The molecule has 0 saturated carbocycles. The second-order valence-corrected chi connectivity index (χ2v) is 7.79. The van der Waals surface area contributed by atoms with Crippen LogP contribution in [0.25, 0.3) is 28.6 Å². The summed E-state index contributed by atoms with van der Waals surface area (Å²) < 4.78 is 5.80. The van der Waals surface area contributed by atoms with Crippen molar-refractivity contribution in [3.63, 3.8) is 0 Å². The van der Waals surface area contributed by atoms with Crippen LogP contribution in [0.2, 0.25) is 5.02 Å². The quantitative estimate of drug-likeness (QED) is 0.359. The van der Waals surface area contributed by atoms with E-state index in [4.69, 9.17) is 16.0 Å². The number of aromatic nitrogens is 1. The van der Waals surface area contributed by atoms with Gasteiger partial charge in [-0.25, -0.2) is 4.98 Å². The van der Waals surface area contributed by atoms with Crippen molar-refractivity contribution >= 4 is 40.4 Å². The van der Waals surface area contributed by atoms with E-state index in [-0.39, 0.29) is 5.91 Å². The molecule has 0 aliphatic heterocycles. The van der Waals surface area contributed by atoms with Gasteiger partial charge in [0.1, 0.15) is 5.52 Å². The van der Waals surface area contributed by atoms with Crippen LogP contribution in [0.4, 0.5) is 5.69 Å². The first-order valence-electron chi connectivity index (χ1n) is 9.73. The molecular formula is C25H21ClN2O2. The molecular weight excluding hydrogens is 396 g/mol. The number of hydrogen-bond acceptors (Lipinski definition) is 3. The van der Waals surface area contributed by atoms with Crippen LogP contribution in [-0.2, 0) is 4.79 Å². The number of oxazole rings is 1. The van der Waals surface area contributed by atoms with E-state index in [0.29, 0.717) is 33.6 Å². The number of hydrogen-bond donors (Lipinski definition) is 1. The largest absolute Gasteiger partial charge is 0.436 e. The monoisotopic (exact) mass is 416 g/mol. The molecule has 0 spiro atoms. The van der Waals surface area contributed by atoms with Crippen LogP contribution in [0.5, 0.6) is 0 Å². The predicted octanol–water partition coefficient (Wildman–Crippen LogP) is 6.92. The topological polar surface area (TPSA) is 55.1 Å². The van der Waals surface area contributed by atoms with E-state index in [0.717, 1.165) is 11.1 Å². The molecule has 0 fully saturated rings. The van der Waals surface area contributed by atoms with Crippen molar-refractivity contribution in [1.82, 2.24) is 4.98 Å². The molecule has 1 N–H and O–H groups in total. The van der Waals surface area contributed by atoms with Crippen molar-refractivity contribution in [2.75, 3.05) is 5.32 Å². The van der Waals surface area contributed by atoms with Gasteiger partial charge in [-0.2, -0.15) is 0 Å². The minimum absolute atomic E-state index is 0.208. The second kappa shape index (κ2) is 8.56. The van der Waals surface area contributed by atoms with Crippen molar-refractivity contribution in [3.05, 3.63) is 89.0 Å². The Labute approximate surface area is 180 Å². The summed E-state index contributed by atoms with van der Waals surface area (Å²) in [4.78, 5) is 16.8. The number of halogens is 1. The Hall–Kier alpha value is -3.37. The van der Waals surface area contributed by atoms with Gasteiger partial charge in [0.2, 0.25) is 11.8 Å². The average molecular weight is 417 g/mol. The summed E-state index contributed by atoms with van der Waals surface area (Å²) in [5, 5.41) is 3.48. The second-order valence-electron chi connectivity index (χ2n) is 7.36. The number of nitrogens with one attached hydrogen (secondary N) is 1. The summed E-state index contributed by atoms with van der Waals surface area (Å²) in [5.74, 6) is 0.763. The van der Waals surface area contributed by atoms with Crippen LogP contribution in [0, 0.1) is 0 Å². The van der Waals surface area contributed by atoms with Gasteiger partial charge in [-0.3, -0.25) is 4.79 Å². The Kier molecular flexibility index (Phi) is 5.68. The van der Waals surface area contributed by atoms with E-state index in [1.807, 2.05) is 24.3 Å². The lowest BCUT2D eigenvalue weighted by molar-refractivity contribution is -0.111. The van der Waals surface area contributed by atoms with Crippen molar-refractivity contribution in [2.24, 2.45) is 0 Å². The van der Waals surface area contributed by atoms with Gasteiger partial charge in [-0.1, -0.05) is 55.8 Å². The number of carbonyl (C=O) groups excluding carboxylic acids is 1. The van der Waals surface area contributed by atoms with Gasteiger partial charge in [0.15, 0.2) is 5.58 Å². The van der Waals surface area contributed by atoms with Gasteiger partial charge in [0.25, 0.3) is 0 Å². The number of fused-ring (bicyclic) bond motifs is 1. The first-order valence-corrected chi connectivity index (χ1v) is 10.1. The highest BCUT2D eigenvalue weighted by Gasteiger charge is 2.10. The van der Waals surface area contributed by atoms with Crippen LogP contribution in [0.1, 0.15) is 30.9 Å². The van der Waals surface area contributed by atoms with Crippen LogP contribution in [0.3, 0.4) is 0 Å². The molecule has 3 aromatic carbocycles. The van der Waals surface area contributed by atoms with Crippen LogP contribution < -0.4 is 5.32 Å². The number of carbonyl (C=O) groups is 1. The van der Waals surface area contributed by atoms with Crippen molar-refractivity contribution in [3.8, 4) is 11.5 Å². The fourth-order valence-electron chi connectivity index (χ4n) is 3.10. The lowest BCUT2D eigenvalue weighted by Gasteiger charge is -2.04. The van der Waals surface area contributed by atoms with Crippen molar-refractivity contribution in [2.45, 2.75) is 19.8 Å². The Morgan fingerprint density at radius 3 is 2.60 bits per heavy atom. The number of benzene rings is 3. The highest BCUT2D eigenvalue weighted by Crippen LogP contribution is 2.27. The minimum atomic E-state index is -0.208. The van der Waals surface area contributed by atoms with Gasteiger partial charge < -0.3 is 9.73 Å². The molecule has 150 valence electrons. The molecule has 4 aromatic rings. The van der Waals surface area contributed by atoms with Crippen LogP contribution in [-0.4, -0.2) is 10.9 Å². The zero-order valence-corrected chi connectivity index (χ0v) is 17.5. The molecule has 0 radical (unpaired) electrons. The van der Waals surface area contributed by atoms with Gasteiger partial charge >= 0.3 is 0 Å². The Balaban J connectivity index is 1.47. The molecule has 4 nitrogen and oxygen atoms in total. The van der Waals surface area contributed by atoms with Crippen molar-refractivity contribution < 1.29 is 9.21 Å². The molecule has 0 bridgehead atoms. The van der Waals surface area contributed by atoms with Gasteiger partial charge in [0, 0.05) is 22.3 Å². The molecule has 0 unspecified atom stereocenters. The third kappa shape index (κ3) is 4.61. The summed E-state index contributed by atoms with van der Waals surface area (Å²) >= 11 is 6.05. The zero-order valence-electron chi connectivity index (χ0n) is 16.7. The van der Waals surface area contributed by atoms with Crippen LogP contribution >= 0.6 is 11.6 Å². The van der Waals surface area contributed by atoms with E-state index >= 15 is 0 Å². The minimum Gasteiger partial charge on any atom is -0.436 e. The summed E-state index contributed by atoms with van der Waals surface area (Å²) in [6.07, 6.45) is 3.32. The fourth-order valence-corrected chi connectivity index (χ4v) is 3.29. The SMILES string of the molecule is CC(C)c1ccc(/C=C/C(=O)Nc2ccc3oc(-c4cccc(Cl)c4)nc3c2)cc1. The summed E-state index contributed by atoms with van der Waals surface area (Å²) in [6.45, 7) is 4.31. The molecule has 0 aliphatic carbocycles. The summed E-state index contributed by atoms with van der Waals surface area (Å²) in [6, 6.07) is 20.9. The molecule has 1 amide bonds. The highest BCUT2D eigenvalue weighted by atomic mass is 35.5. The van der Waals surface area contributed by atoms with E-state index in [2.05, 4.69) is 36.3 Å². The molecule has 5 heteroatoms. The Bertz CT molecular complexity index is 1220. The highest BCUT2D eigenvalue weighted by molar-refractivity contribution is 6.30. The predicted molar refractivity (Wildman–Crippen MR) is 123 cm³/mol. The lowest BCUT2D eigenvalue weighted by atomic mass is 10.0. The molecule has 1 aromatic heterocycles. The molecule has 0 aliphatic rings. The third-order valence-corrected chi connectivity index (χ3v) is 4.99. The van der Waals surface area contributed by atoms with E-state index < -0.39 is 0 Å². The Morgan fingerprint density at radius 1 is 1.07 bits per heavy atom. The fraction of sp³-hybridized carbons (Fsp3) is 0.120. The molecule has 30 heavy (non-hydrogen) atoms. The standard InChI is InChI=1S/C25H21ClN2O2/c1-16(2)18-9-6-17(7-10-18)8-13-24(29)27-21-11-12-23-22(15-21)28-25(30-23)19-4-3-5-20(26)14-19/h3-16H,1-2H3,(H,27,29)/b13-8+. The van der Waals surface area contributed by atoms with E-state index in [1.54, 1.807) is 36.4 Å². The first-order chi connectivity index (χ1) is 14.5. The van der Waals surface area contributed by atoms with Crippen LogP contribution in [0.15, 0.2) is 77.2 Å². The number of rotatable bonds is 5. The third-order valence-electron chi connectivity index (χ3n) is 4.76. The van der Waals surface area contributed by atoms with E-state index in [1.165, 1.54) is 11.6 Å². The molecule has 0 saturated heterocycles. The van der Waals surface area contributed by atoms with Gasteiger partial charge in [-0.05, 0) is 59.5 Å². The summed E-state index contributed by atoms with van der Waals surface area (Å²) in [5.41, 5.74) is 5.01. The van der Waals surface area contributed by atoms with Gasteiger partial charge in [0.05, 0.1) is 0 Å². The number of nitrogens with zero attached hydrogens (tertiary/aromatic N) is 1. The molecule has 0 atom stereocenters.